The van der Waals surface area contributed by atoms with Crippen molar-refractivity contribution in [3.05, 3.63) is 23.9 Å². The van der Waals surface area contributed by atoms with Gasteiger partial charge in [0.15, 0.2) is 0 Å². The Morgan fingerprint density at radius 3 is 2.74 bits per heavy atom. The molecule has 0 saturated heterocycles. The normalized spacial score (nSPS) is 13.4. The van der Waals surface area contributed by atoms with E-state index in [0.29, 0.717) is 0 Å². The highest BCUT2D eigenvalue weighted by atomic mass is 15.2. The lowest BCUT2D eigenvalue weighted by molar-refractivity contribution is 0.838. The highest BCUT2D eigenvalue weighted by Crippen LogP contribution is 2.07. The van der Waals surface area contributed by atoms with E-state index in [2.05, 4.69) is 33.3 Å². The number of hydrogen-bond acceptors (Lipinski definition) is 4. The van der Waals surface area contributed by atoms with Crippen LogP contribution in [0.5, 0.6) is 0 Å². The second kappa shape index (κ2) is 12.7. The van der Waals surface area contributed by atoms with Gasteiger partial charge in [-0.15, -0.1) is 0 Å². The van der Waals surface area contributed by atoms with E-state index >= 15 is 0 Å². The zero-order valence-corrected chi connectivity index (χ0v) is 12.4. The molecule has 0 aliphatic heterocycles. The highest BCUT2D eigenvalue weighted by Gasteiger charge is 2.01. The van der Waals surface area contributed by atoms with Crippen molar-refractivity contribution in [2.24, 2.45) is 15.2 Å². The minimum Gasteiger partial charge on any atom is -0.394 e. The van der Waals surface area contributed by atoms with Gasteiger partial charge in [-0.3, -0.25) is 0 Å². The number of aliphatic imine (C=N–C) groups is 1. The Balaban J connectivity index is 4.32. The summed E-state index contributed by atoms with van der Waals surface area (Å²) in [4.78, 5) is 3.86. The van der Waals surface area contributed by atoms with E-state index in [9.17, 15) is 0 Å². The van der Waals surface area contributed by atoms with E-state index < -0.39 is 0 Å². The molecule has 0 radical (unpaired) electrons. The standard InChI is InChI=1S/C15H26N4/c1-5-6-7-8-12-18-19-14(2)15(13-17-4)10-9-11-16-3/h5-6,12-13,17H,3,7-11H2,1-2,4H3/b6-5+,15-13+,18-12-,19-14-. The van der Waals surface area contributed by atoms with Gasteiger partial charge in [0.25, 0.3) is 0 Å². The SMILES string of the molecule is C=NCCCC(=C\NC)/C(C)=N\N=C/CC/C=C/C. The van der Waals surface area contributed by atoms with E-state index in [-0.39, 0.29) is 0 Å². The van der Waals surface area contributed by atoms with Crippen LogP contribution in [0.15, 0.2) is 39.1 Å². The molecule has 106 valence electrons. The maximum atomic E-state index is 4.23. The first-order valence-electron chi connectivity index (χ1n) is 6.72. The molecule has 19 heavy (non-hydrogen) atoms. The summed E-state index contributed by atoms with van der Waals surface area (Å²) < 4.78 is 0. The molecule has 0 atom stereocenters. The van der Waals surface area contributed by atoms with Crippen LogP contribution in [0.2, 0.25) is 0 Å². The van der Waals surface area contributed by atoms with Crippen LogP contribution in [0.1, 0.15) is 39.5 Å². The highest BCUT2D eigenvalue weighted by molar-refractivity contribution is 5.98. The van der Waals surface area contributed by atoms with Crippen molar-refractivity contribution in [1.82, 2.24) is 5.32 Å². The molecule has 0 rings (SSSR count). The van der Waals surface area contributed by atoms with Gasteiger partial charge in [0.1, 0.15) is 0 Å². The molecule has 0 aliphatic carbocycles. The summed E-state index contributed by atoms with van der Waals surface area (Å²) in [7, 11) is 1.89. The summed E-state index contributed by atoms with van der Waals surface area (Å²) in [6, 6.07) is 0. The van der Waals surface area contributed by atoms with Crippen LogP contribution < -0.4 is 5.32 Å². The number of nitrogens with zero attached hydrogens (tertiary/aromatic N) is 3. The number of unbranched alkanes of at least 4 members (excludes halogenated alkanes) is 1. The van der Waals surface area contributed by atoms with Crippen LogP contribution in [-0.4, -0.2) is 32.2 Å². The van der Waals surface area contributed by atoms with E-state index in [1.807, 2.05) is 39.4 Å². The minimum absolute atomic E-state index is 0.779. The first kappa shape index (κ1) is 17.3. The molecular formula is C15H26N4. The third-order valence-corrected chi connectivity index (χ3v) is 2.53. The Morgan fingerprint density at radius 2 is 2.11 bits per heavy atom. The molecule has 0 aromatic rings. The second-order valence-electron chi connectivity index (χ2n) is 4.14. The maximum Gasteiger partial charge on any atom is 0.0645 e. The molecular weight excluding hydrogens is 236 g/mol. The molecule has 0 aliphatic rings. The second-order valence-corrected chi connectivity index (χ2v) is 4.14. The summed E-state index contributed by atoms with van der Waals surface area (Å²) >= 11 is 0. The van der Waals surface area contributed by atoms with Crippen LogP contribution in [0.25, 0.3) is 0 Å². The molecule has 0 bridgehead atoms. The van der Waals surface area contributed by atoms with Crippen molar-refractivity contribution in [2.45, 2.75) is 39.5 Å². The Kier molecular flexibility index (Phi) is 11.6. The fraction of sp³-hybridized carbons (Fsp3) is 0.533. The fourth-order valence-corrected chi connectivity index (χ4v) is 1.50. The topological polar surface area (TPSA) is 49.1 Å². The molecule has 0 aromatic heterocycles. The lowest BCUT2D eigenvalue weighted by atomic mass is 10.1. The Hall–Kier alpha value is -1.71. The van der Waals surface area contributed by atoms with Crippen molar-refractivity contribution in [3.8, 4) is 0 Å². The first-order valence-corrected chi connectivity index (χ1v) is 6.72. The van der Waals surface area contributed by atoms with Crippen LogP contribution in [0, 0.1) is 0 Å². The Morgan fingerprint density at radius 1 is 1.32 bits per heavy atom. The van der Waals surface area contributed by atoms with E-state index in [1.165, 1.54) is 0 Å². The maximum absolute atomic E-state index is 4.23. The lowest BCUT2D eigenvalue weighted by Crippen LogP contribution is -2.04. The number of rotatable bonds is 10. The van der Waals surface area contributed by atoms with Gasteiger partial charge in [-0.2, -0.15) is 10.2 Å². The molecule has 0 amide bonds. The molecule has 0 spiro atoms. The predicted molar refractivity (Wildman–Crippen MR) is 86.4 cm³/mol. The molecule has 0 unspecified atom stereocenters. The first-order chi connectivity index (χ1) is 9.26. The molecule has 4 nitrogen and oxygen atoms in total. The zero-order chi connectivity index (χ0) is 14.3. The monoisotopic (exact) mass is 262 g/mol. The van der Waals surface area contributed by atoms with Gasteiger partial charge >= 0.3 is 0 Å². The smallest absolute Gasteiger partial charge is 0.0645 e. The van der Waals surface area contributed by atoms with Crippen LogP contribution in [-0.2, 0) is 0 Å². The zero-order valence-electron chi connectivity index (χ0n) is 12.4. The van der Waals surface area contributed by atoms with Gasteiger partial charge in [-0.05, 0) is 51.8 Å². The van der Waals surface area contributed by atoms with Crippen LogP contribution in [0.3, 0.4) is 0 Å². The van der Waals surface area contributed by atoms with Crippen molar-refractivity contribution in [1.29, 1.82) is 0 Å². The predicted octanol–water partition coefficient (Wildman–Crippen LogP) is 3.37. The van der Waals surface area contributed by atoms with Gasteiger partial charge in [-0.25, -0.2) is 0 Å². The molecule has 4 heteroatoms. The van der Waals surface area contributed by atoms with Crippen molar-refractivity contribution < 1.29 is 0 Å². The van der Waals surface area contributed by atoms with Crippen LogP contribution >= 0.6 is 0 Å². The van der Waals surface area contributed by atoms with E-state index in [1.54, 1.807) is 0 Å². The number of nitrogens with one attached hydrogen (secondary N) is 1. The largest absolute Gasteiger partial charge is 0.394 e. The minimum atomic E-state index is 0.779. The van der Waals surface area contributed by atoms with Gasteiger partial charge < -0.3 is 10.3 Å². The summed E-state index contributed by atoms with van der Waals surface area (Å²) in [6.45, 7) is 8.27. The molecule has 0 saturated carbocycles. The van der Waals surface area contributed by atoms with Crippen molar-refractivity contribution in [2.75, 3.05) is 13.6 Å². The third kappa shape index (κ3) is 9.94. The van der Waals surface area contributed by atoms with Gasteiger partial charge in [-0.1, -0.05) is 12.2 Å². The van der Waals surface area contributed by atoms with Gasteiger partial charge in [0, 0.05) is 26.0 Å². The quantitative estimate of drug-likeness (QED) is 0.279. The average molecular weight is 262 g/mol. The van der Waals surface area contributed by atoms with Gasteiger partial charge in [0.05, 0.1) is 5.71 Å². The third-order valence-electron chi connectivity index (χ3n) is 2.53. The fourth-order valence-electron chi connectivity index (χ4n) is 1.50. The molecule has 1 N–H and O–H groups in total. The average Bonchev–Trinajstić information content (AvgIpc) is 2.41. The lowest BCUT2D eigenvalue weighted by Gasteiger charge is -2.05. The molecule has 0 aromatic carbocycles. The Bertz CT molecular complexity index is 351. The molecule has 0 fully saturated rings. The van der Waals surface area contributed by atoms with E-state index in [4.69, 9.17) is 0 Å². The van der Waals surface area contributed by atoms with Crippen molar-refractivity contribution in [3.63, 3.8) is 0 Å². The van der Waals surface area contributed by atoms with Crippen LogP contribution in [0.4, 0.5) is 0 Å². The summed E-state index contributed by atoms with van der Waals surface area (Å²) in [5, 5.41) is 11.4. The summed E-state index contributed by atoms with van der Waals surface area (Å²) in [6.07, 6.45) is 11.8. The number of allylic oxidation sites excluding steroid dienone is 3. The summed E-state index contributed by atoms with van der Waals surface area (Å²) in [5.74, 6) is 0. The van der Waals surface area contributed by atoms with Gasteiger partial charge in [0.2, 0.25) is 0 Å². The molecule has 0 heterocycles. The van der Waals surface area contributed by atoms with E-state index in [0.717, 1.165) is 43.5 Å². The number of hydrogen-bond donors (Lipinski definition) is 1. The Labute approximate surface area is 117 Å². The summed E-state index contributed by atoms with van der Waals surface area (Å²) in [5.41, 5.74) is 2.11. The van der Waals surface area contributed by atoms with Crippen molar-refractivity contribution >= 4 is 18.6 Å².